The molecule has 1 aliphatic rings. The third-order valence-corrected chi connectivity index (χ3v) is 6.18. The zero-order valence-electron chi connectivity index (χ0n) is 19.3. The summed E-state index contributed by atoms with van der Waals surface area (Å²) in [6.45, 7) is 2.76. The van der Waals surface area contributed by atoms with Gasteiger partial charge in [0.05, 0.1) is 11.1 Å². The van der Waals surface area contributed by atoms with Gasteiger partial charge in [0, 0.05) is 50.1 Å². The number of rotatable bonds is 4. The van der Waals surface area contributed by atoms with Gasteiger partial charge in [-0.3, -0.25) is 19.7 Å². The number of hydrogen-bond acceptors (Lipinski definition) is 5. The quantitative estimate of drug-likeness (QED) is 0.605. The molecule has 0 saturated carbocycles. The first-order valence-corrected chi connectivity index (χ1v) is 11.8. The van der Waals surface area contributed by atoms with Crippen molar-refractivity contribution < 1.29 is 14.7 Å². The Morgan fingerprint density at radius 1 is 0.853 bits per heavy atom. The van der Waals surface area contributed by atoms with Crippen molar-refractivity contribution in [1.29, 1.82) is 0 Å². The molecule has 0 radical (unpaired) electrons. The van der Waals surface area contributed by atoms with Gasteiger partial charge in [-0.15, -0.1) is 0 Å². The highest BCUT2D eigenvalue weighted by Gasteiger charge is 2.23. The molecule has 3 aromatic rings. The van der Waals surface area contributed by atoms with E-state index in [0.29, 0.717) is 18.7 Å². The molecule has 34 heavy (non-hydrogen) atoms. The molecular formula is C27H30N4O3. The average Bonchev–Trinajstić information content (AvgIpc) is 2.86. The van der Waals surface area contributed by atoms with E-state index in [0.717, 1.165) is 62.0 Å². The first kappa shape index (κ1) is 23.6. The number of amides is 1. The maximum atomic E-state index is 13.5. The topological polar surface area (TPSA) is 86.6 Å². The highest BCUT2D eigenvalue weighted by molar-refractivity contribution is 6.06. The second kappa shape index (κ2) is 11.5. The van der Waals surface area contributed by atoms with Crippen LogP contribution in [0.5, 0.6) is 0 Å². The lowest BCUT2D eigenvalue weighted by Crippen LogP contribution is -2.34. The van der Waals surface area contributed by atoms with Crippen LogP contribution < -0.4 is 4.90 Å². The van der Waals surface area contributed by atoms with E-state index in [1.54, 1.807) is 60.0 Å². The minimum absolute atomic E-state index is 0.116. The van der Waals surface area contributed by atoms with E-state index in [4.69, 9.17) is 0 Å². The molecule has 0 saturated heterocycles. The van der Waals surface area contributed by atoms with Crippen LogP contribution in [-0.2, 0) is 13.1 Å². The Kier molecular flexibility index (Phi) is 7.99. The maximum Gasteiger partial charge on any atom is 0.335 e. The van der Waals surface area contributed by atoms with Crippen molar-refractivity contribution in [2.75, 3.05) is 18.0 Å². The molecule has 0 spiro atoms. The number of benzene rings is 1. The molecular weight excluding hydrogens is 428 g/mol. The Labute approximate surface area is 200 Å². The summed E-state index contributed by atoms with van der Waals surface area (Å²) in [6.07, 6.45) is 12.1. The van der Waals surface area contributed by atoms with E-state index in [-0.39, 0.29) is 11.5 Å². The second-order valence-corrected chi connectivity index (χ2v) is 8.68. The summed E-state index contributed by atoms with van der Waals surface area (Å²) >= 11 is 0. The Bertz CT molecular complexity index is 1110. The van der Waals surface area contributed by atoms with Gasteiger partial charge in [0.15, 0.2) is 0 Å². The van der Waals surface area contributed by atoms with Crippen LogP contribution in [0.4, 0.5) is 5.69 Å². The van der Waals surface area contributed by atoms with Gasteiger partial charge in [-0.2, -0.15) is 0 Å². The summed E-state index contributed by atoms with van der Waals surface area (Å²) in [7, 11) is 0. The summed E-state index contributed by atoms with van der Waals surface area (Å²) in [6, 6.07) is 12.6. The van der Waals surface area contributed by atoms with Gasteiger partial charge in [0.1, 0.15) is 0 Å². The van der Waals surface area contributed by atoms with Gasteiger partial charge in [-0.05, 0) is 73.0 Å². The highest BCUT2D eigenvalue weighted by Crippen LogP contribution is 2.28. The van der Waals surface area contributed by atoms with Crippen LogP contribution in [0.25, 0.3) is 0 Å². The minimum atomic E-state index is -0.972. The van der Waals surface area contributed by atoms with Crippen LogP contribution in [0.3, 0.4) is 0 Å². The van der Waals surface area contributed by atoms with Crippen LogP contribution >= 0.6 is 0 Å². The molecule has 0 fully saturated rings. The SMILES string of the molecule is O=C(O)c1ccc2c(c1)CN(Cc1ccncc1)CCCCCCCN2C(=O)c1cccnc1. The van der Waals surface area contributed by atoms with E-state index in [1.807, 2.05) is 12.1 Å². The Hall–Kier alpha value is -3.58. The van der Waals surface area contributed by atoms with Gasteiger partial charge < -0.3 is 10.0 Å². The van der Waals surface area contributed by atoms with Gasteiger partial charge >= 0.3 is 5.97 Å². The average molecular weight is 459 g/mol. The van der Waals surface area contributed by atoms with Gasteiger partial charge in [0.25, 0.3) is 5.91 Å². The number of anilines is 1. The Morgan fingerprint density at radius 2 is 1.62 bits per heavy atom. The van der Waals surface area contributed by atoms with Gasteiger partial charge in [0.2, 0.25) is 0 Å². The van der Waals surface area contributed by atoms with Crippen LogP contribution in [0.2, 0.25) is 0 Å². The minimum Gasteiger partial charge on any atom is -0.478 e. The van der Waals surface area contributed by atoms with E-state index < -0.39 is 5.97 Å². The highest BCUT2D eigenvalue weighted by atomic mass is 16.4. The zero-order chi connectivity index (χ0) is 23.8. The monoisotopic (exact) mass is 458 g/mol. The van der Waals surface area contributed by atoms with Gasteiger partial charge in [-0.1, -0.05) is 19.3 Å². The van der Waals surface area contributed by atoms with Crippen LogP contribution in [-0.4, -0.2) is 44.9 Å². The standard InChI is InChI=1S/C27H30N4O3/c32-26(23-7-6-12-29-18-23)31-16-5-3-1-2-4-15-30(19-21-10-13-28-14-11-21)20-24-17-22(27(33)34)8-9-25(24)31/h6-14,17-18H,1-5,15-16,19-20H2,(H,33,34). The molecule has 0 bridgehead atoms. The summed E-state index contributed by atoms with van der Waals surface area (Å²) in [5, 5.41) is 9.64. The maximum absolute atomic E-state index is 13.5. The molecule has 1 aromatic carbocycles. The van der Waals surface area contributed by atoms with Crippen LogP contribution in [0.1, 0.15) is 63.9 Å². The summed E-state index contributed by atoms with van der Waals surface area (Å²) in [5.74, 6) is -1.09. The fourth-order valence-corrected chi connectivity index (χ4v) is 4.42. The molecule has 0 unspecified atom stereocenters. The largest absolute Gasteiger partial charge is 0.478 e. The molecule has 1 amide bonds. The summed E-state index contributed by atoms with van der Waals surface area (Å²) in [5.41, 5.74) is 3.51. The second-order valence-electron chi connectivity index (χ2n) is 8.68. The fraction of sp³-hybridized carbons (Fsp3) is 0.333. The fourth-order valence-electron chi connectivity index (χ4n) is 4.42. The predicted octanol–water partition coefficient (Wildman–Crippen LogP) is 4.79. The zero-order valence-corrected chi connectivity index (χ0v) is 19.3. The van der Waals surface area contributed by atoms with Crippen molar-refractivity contribution >= 4 is 17.6 Å². The lowest BCUT2D eigenvalue weighted by Gasteiger charge is -2.29. The van der Waals surface area contributed by atoms with Crippen molar-refractivity contribution in [2.45, 2.75) is 45.2 Å². The molecule has 1 N–H and O–H groups in total. The third-order valence-electron chi connectivity index (χ3n) is 6.18. The predicted molar refractivity (Wildman–Crippen MR) is 131 cm³/mol. The lowest BCUT2D eigenvalue weighted by molar-refractivity contribution is 0.0696. The smallest absolute Gasteiger partial charge is 0.335 e. The molecule has 7 nitrogen and oxygen atoms in total. The van der Waals surface area contributed by atoms with Crippen molar-refractivity contribution in [3.05, 3.63) is 89.5 Å². The molecule has 3 heterocycles. The number of fused-ring (bicyclic) bond motifs is 1. The first-order valence-electron chi connectivity index (χ1n) is 11.8. The summed E-state index contributed by atoms with van der Waals surface area (Å²) < 4.78 is 0. The number of aromatic carboxylic acids is 1. The molecule has 0 atom stereocenters. The van der Waals surface area contributed by atoms with E-state index in [1.165, 1.54) is 0 Å². The molecule has 176 valence electrons. The van der Waals surface area contributed by atoms with Crippen LogP contribution in [0, 0.1) is 0 Å². The van der Waals surface area contributed by atoms with E-state index in [9.17, 15) is 14.7 Å². The number of nitrogens with zero attached hydrogens (tertiary/aromatic N) is 4. The first-order chi connectivity index (χ1) is 16.6. The van der Waals surface area contributed by atoms with E-state index in [2.05, 4.69) is 14.9 Å². The van der Waals surface area contributed by atoms with Crippen molar-refractivity contribution in [3.63, 3.8) is 0 Å². The number of carbonyl (C=O) groups excluding carboxylic acids is 1. The Balaban J connectivity index is 1.73. The number of carboxylic acids is 1. The van der Waals surface area contributed by atoms with E-state index >= 15 is 0 Å². The molecule has 7 heteroatoms. The summed E-state index contributed by atoms with van der Waals surface area (Å²) in [4.78, 5) is 37.6. The molecule has 2 aromatic heterocycles. The number of carboxylic acid groups (broad SMARTS) is 1. The third kappa shape index (κ3) is 6.05. The number of aromatic nitrogens is 2. The molecule has 1 aliphatic heterocycles. The van der Waals surface area contributed by atoms with Crippen LogP contribution in [0.15, 0.2) is 67.3 Å². The number of pyridine rings is 2. The van der Waals surface area contributed by atoms with Crippen molar-refractivity contribution in [2.24, 2.45) is 0 Å². The van der Waals surface area contributed by atoms with Gasteiger partial charge in [-0.25, -0.2) is 4.79 Å². The normalized spacial score (nSPS) is 15.6. The Morgan fingerprint density at radius 3 is 2.35 bits per heavy atom. The van der Waals surface area contributed by atoms with Crippen molar-refractivity contribution in [3.8, 4) is 0 Å². The number of carbonyl (C=O) groups is 2. The number of hydrogen-bond donors (Lipinski definition) is 1. The lowest BCUT2D eigenvalue weighted by atomic mass is 10.0. The van der Waals surface area contributed by atoms with Crippen molar-refractivity contribution in [1.82, 2.24) is 14.9 Å². The molecule has 0 aliphatic carbocycles. The molecule has 4 rings (SSSR count).